The summed E-state index contributed by atoms with van der Waals surface area (Å²) in [5.74, 6) is 0. The lowest BCUT2D eigenvalue weighted by molar-refractivity contribution is 0.645. The zero-order chi connectivity index (χ0) is 11.4. The van der Waals surface area contributed by atoms with Crippen LogP contribution in [-0.2, 0) is 13.0 Å². The maximum Gasteiger partial charge on any atom is 0.347 e. The van der Waals surface area contributed by atoms with Crippen molar-refractivity contribution >= 4 is 0 Å². The molecule has 1 heterocycles. The number of hydrogen-bond donors (Lipinski definition) is 0. The van der Waals surface area contributed by atoms with Gasteiger partial charge in [0.2, 0.25) is 0 Å². The molecule has 1 aromatic carbocycles. The molecule has 0 aliphatic carbocycles. The van der Waals surface area contributed by atoms with E-state index in [1.54, 1.807) is 10.8 Å². The van der Waals surface area contributed by atoms with Gasteiger partial charge >= 0.3 is 5.69 Å². The van der Waals surface area contributed by atoms with Crippen LogP contribution in [0.1, 0.15) is 11.3 Å². The van der Waals surface area contributed by atoms with Crippen LogP contribution in [0.5, 0.6) is 0 Å². The minimum Gasteiger partial charge on any atom is -0.299 e. The van der Waals surface area contributed by atoms with Gasteiger partial charge in [0, 0.05) is 18.4 Å². The smallest absolute Gasteiger partial charge is 0.299 e. The summed E-state index contributed by atoms with van der Waals surface area (Å²) in [5.41, 5.74) is 1.83. The molecule has 82 valence electrons. The first-order chi connectivity index (χ1) is 7.75. The van der Waals surface area contributed by atoms with Gasteiger partial charge in [0.05, 0.1) is 0 Å². The van der Waals surface area contributed by atoms with E-state index in [1.165, 1.54) is 5.56 Å². The third-order valence-electron chi connectivity index (χ3n) is 2.50. The van der Waals surface area contributed by atoms with E-state index in [2.05, 4.69) is 17.1 Å². The second-order valence-electron chi connectivity index (χ2n) is 3.78. The molecule has 0 bridgehead atoms. The van der Waals surface area contributed by atoms with Crippen LogP contribution in [0.3, 0.4) is 0 Å². The average Bonchev–Trinajstić information content (AvgIpc) is 2.29. The van der Waals surface area contributed by atoms with Crippen LogP contribution in [0.25, 0.3) is 0 Å². The molecule has 0 radical (unpaired) electrons. The normalized spacial score (nSPS) is 10.3. The molecular weight excluding hydrogens is 200 g/mol. The van der Waals surface area contributed by atoms with E-state index in [1.807, 2.05) is 31.2 Å². The molecular formula is C13H14N2O. The maximum absolute atomic E-state index is 11.5. The number of aryl methyl sites for hydroxylation is 3. The lowest BCUT2D eigenvalue weighted by Gasteiger charge is -2.04. The van der Waals surface area contributed by atoms with Gasteiger partial charge < -0.3 is 0 Å². The molecule has 3 nitrogen and oxygen atoms in total. The van der Waals surface area contributed by atoms with Crippen molar-refractivity contribution in [2.24, 2.45) is 0 Å². The first kappa shape index (κ1) is 10.6. The van der Waals surface area contributed by atoms with E-state index in [0.717, 1.165) is 12.1 Å². The topological polar surface area (TPSA) is 34.9 Å². The van der Waals surface area contributed by atoms with Gasteiger partial charge in [0.15, 0.2) is 0 Å². The number of nitrogens with zero attached hydrogens (tertiary/aromatic N) is 2. The lowest BCUT2D eigenvalue weighted by Crippen LogP contribution is -2.23. The highest BCUT2D eigenvalue weighted by atomic mass is 16.1. The van der Waals surface area contributed by atoms with Crippen LogP contribution in [0.15, 0.2) is 47.4 Å². The SMILES string of the molecule is Cc1ccn(CCc2ccccc2)c(=O)n1. The van der Waals surface area contributed by atoms with Gasteiger partial charge in [-0.1, -0.05) is 30.3 Å². The van der Waals surface area contributed by atoms with Crippen LogP contribution in [-0.4, -0.2) is 9.55 Å². The molecule has 2 aromatic rings. The minimum absolute atomic E-state index is 0.170. The summed E-state index contributed by atoms with van der Waals surface area (Å²) in [6.07, 6.45) is 2.65. The van der Waals surface area contributed by atoms with Crippen LogP contribution >= 0.6 is 0 Å². The molecule has 0 N–H and O–H groups in total. The van der Waals surface area contributed by atoms with Crippen LogP contribution in [0, 0.1) is 6.92 Å². The predicted molar refractivity (Wildman–Crippen MR) is 63.4 cm³/mol. The second kappa shape index (κ2) is 4.75. The summed E-state index contributed by atoms with van der Waals surface area (Å²) in [7, 11) is 0. The van der Waals surface area contributed by atoms with Crippen molar-refractivity contribution in [1.29, 1.82) is 0 Å². The highest BCUT2D eigenvalue weighted by molar-refractivity contribution is 5.14. The molecule has 3 heteroatoms. The van der Waals surface area contributed by atoms with E-state index in [4.69, 9.17) is 0 Å². The lowest BCUT2D eigenvalue weighted by atomic mass is 10.1. The Labute approximate surface area is 94.4 Å². The second-order valence-corrected chi connectivity index (χ2v) is 3.78. The van der Waals surface area contributed by atoms with Crippen molar-refractivity contribution in [2.75, 3.05) is 0 Å². The fourth-order valence-electron chi connectivity index (χ4n) is 1.58. The summed E-state index contributed by atoms with van der Waals surface area (Å²) in [4.78, 5) is 15.4. The van der Waals surface area contributed by atoms with Gasteiger partial charge in [-0.15, -0.1) is 0 Å². The third-order valence-corrected chi connectivity index (χ3v) is 2.50. The highest BCUT2D eigenvalue weighted by Crippen LogP contribution is 2.00. The van der Waals surface area contributed by atoms with E-state index in [-0.39, 0.29) is 5.69 Å². The van der Waals surface area contributed by atoms with Gasteiger partial charge in [0.25, 0.3) is 0 Å². The predicted octanol–water partition coefficient (Wildman–Crippen LogP) is 1.79. The molecule has 0 fully saturated rings. The Balaban J connectivity index is 2.08. The Bertz CT molecular complexity index is 517. The maximum atomic E-state index is 11.5. The zero-order valence-corrected chi connectivity index (χ0v) is 9.26. The Hall–Kier alpha value is -1.90. The Kier molecular flexibility index (Phi) is 3.15. The Morgan fingerprint density at radius 2 is 1.94 bits per heavy atom. The number of benzene rings is 1. The molecule has 0 saturated carbocycles. The molecule has 1 aromatic heterocycles. The van der Waals surface area contributed by atoms with Crippen molar-refractivity contribution in [3.05, 3.63) is 64.3 Å². The van der Waals surface area contributed by atoms with Gasteiger partial charge in [-0.3, -0.25) is 4.57 Å². The van der Waals surface area contributed by atoms with Gasteiger partial charge in [-0.05, 0) is 25.0 Å². The molecule has 2 rings (SSSR count). The molecule has 16 heavy (non-hydrogen) atoms. The zero-order valence-electron chi connectivity index (χ0n) is 9.26. The van der Waals surface area contributed by atoms with Gasteiger partial charge in [-0.25, -0.2) is 4.79 Å². The summed E-state index contributed by atoms with van der Waals surface area (Å²) in [6.45, 7) is 2.50. The molecule has 0 unspecified atom stereocenters. The molecule has 0 spiro atoms. The first-order valence-electron chi connectivity index (χ1n) is 5.34. The Morgan fingerprint density at radius 3 is 2.62 bits per heavy atom. The van der Waals surface area contributed by atoms with Crippen molar-refractivity contribution in [3.8, 4) is 0 Å². The number of hydrogen-bond acceptors (Lipinski definition) is 2. The number of rotatable bonds is 3. The average molecular weight is 214 g/mol. The fraction of sp³-hybridized carbons (Fsp3) is 0.231. The van der Waals surface area contributed by atoms with Gasteiger partial charge in [-0.2, -0.15) is 4.98 Å². The molecule has 0 amide bonds. The van der Waals surface area contributed by atoms with Crippen LogP contribution in [0.4, 0.5) is 0 Å². The molecule has 0 aliphatic heterocycles. The van der Waals surface area contributed by atoms with Crippen molar-refractivity contribution < 1.29 is 0 Å². The van der Waals surface area contributed by atoms with E-state index in [0.29, 0.717) is 6.54 Å². The van der Waals surface area contributed by atoms with E-state index >= 15 is 0 Å². The van der Waals surface area contributed by atoms with Crippen molar-refractivity contribution in [2.45, 2.75) is 19.9 Å². The van der Waals surface area contributed by atoms with Gasteiger partial charge in [0.1, 0.15) is 0 Å². The van der Waals surface area contributed by atoms with Crippen molar-refractivity contribution in [3.63, 3.8) is 0 Å². The Morgan fingerprint density at radius 1 is 1.19 bits per heavy atom. The largest absolute Gasteiger partial charge is 0.347 e. The minimum atomic E-state index is -0.170. The summed E-state index contributed by atoms with van der Waals surface area (Å²) in [5, 5.41) is 0. The summed E-state index contributed by atoms with van der Waals surface area (Å²) >= 11 is 0. The van der Waals surface area contributed by atoms with Crippen molar-refractivity contribution in [1.82, 2.24) is 9.55 Å². The summed E-state index contributed by atoms with van der Waals surface area (Å²) in [6, 6.07) is 12.0. The first-order valence-corrected chi connectivity index (χ1v) is 5.34. The van der Waals surface area contributed by atoms with Crippen LogP contribution < -0.4 is 5.69 Å². The monoisotopic (exact) mass is 214 g/mol. The fourth-order valence-corrected chi connectivity index (χ4v) is 1.58. The summed E-state index contributed by atoms with van der Waals surface area (Å²) < 4.78 is 1.64. The highest BCUT2D eigenvalue weighted by Gasteiger charge is 1.97. The molecule has 0 atom stereocenters. The molecule has 0 saturated heterocycles. The number of aromatic nitrogens is 2. The van der Waals surface area contributed by atoms with E-state index in [9.17, 15) is 4.79 Å². The third kappa shape index (κ3) is 2.57. The standard InChI is InChI=1S/C13H14N2O/c1-11-7-9-15(13(16)14-11)10-8-12-5-3-2-4-6-12/h2-7,9H,8,10H2,1H3. The molecule has 0 aliphatic rings. The van der Waals surface area contributed by atoms with Crippen LogP contribution in [0.2, 0.25) is 0 Å². The quantitative estimate of drug-likeness (QED) is 0.780. The van der Waals surface area contributed by atoms with E-state index < -0.39 is 0 Å².